The molecule has 2 N–H and O–H groups in total. The molecular weight excluding hydrogens is 234 g/mol. The maximum absolute atomic E-state index is 6.40. The Bertz CT molecular complexity index is 348. The summed E-state index contributed by atoms with van der Waals surface area (Å²) in [6.45, 7) is 12.2. The van der Waals surface area contributed by atoms with Crippen molar-refractivity contribution in [2.75, 3.05) is 6.54 Å². The van der Waals surface area contributed by atoms with Crippen LogP contribution < -0.4 is 5.73 Å². The summed E-state index contributed by atoms with van der Waals surface area (Å²) in [5.74, 6) is 0.635. The van der Waals surface area contributed by atoms with Crippen molar-refractivity contribution in [1.29, 1.82) is 0 Å². The number of hydrogen-bond donors (Lipinski definition) is 1. The Morgan fingerprint density at radius 1 is 1.16 bits per heavy atom. The van der Waals surface area contributed by atoms with Crippen LogP contribution in [-0.4, -0.2) is 28.5 Å². The molecule has 3 nitrogen and oxygen atoms in total. The van der Waals surface area contributed by atoms with Crippen LogP contribution in [0.5, 0.6) is 0 Å². The number of pyridine rings is 1. The predicted molar refractivity (Wildman–Crippen MR) is 81.9 cm³/mol. The fraction of sp³-hybridized carbons (Fsp3) is 0.688. The zero-order chi connectivity index (χ0) is 14.4. The van der Waals surface area contributed by atoms with Gasteiger partial charge in [0.05, 0.1) is 6.04 Å². The van der Waals surface area contributed by atoms with Gasteiger partial charge in [0.2, 0.25) is 0 Å². The van der Waals surface area contributed by atoms with E-state index < -0.39 is 0 Å². The Labute approximate surface area is 118 Å². The molecule has 0 saturated carbocycles. The first-order valence-electron chi connectivity index (χ1n) is 7.38. The van der Waals surface area contributed by atoms with Crippen LogP contribution in [0, 0.1) is 5.92 Å². The highest BCUT2D eigenvalue weighted by atomic mass is 15.2. The summed E-state index contributed by atoms with van der Waals surface area (Å²) in [7, 11) is 0. The van der Waals surface area contributed by atoms with E-state index in [2.05, 4.69) is 56.6 Å². The summed E-state index contributed by atoms with van der Waals surface area (Å²) >= 11 is 0. The molecule has 0 fully saturated rings. The van der Waals surface area contributed by atoms with E-state index in [4.69, 9.17) is 5.73 Å². The average molecular weight is 263 g/mol. The van der Waals surface area contributed by atoms with Crippen molar-refractivity contribution in [3.8, 4) is 0 Å². The van der Waals surface area contributed by atoms with E-state index in [1.807, 2.05) is 12.4 Å². The summed E-state index contributed by atoms with van der Waals surface area (Å²) in [6, 6.07) is 5.10. The number of hydrogen-bond acceptors (Lipinski definition) is 3. The molecule has 1 heterocycles. The standard InChI is InChI=1S/C16H29N3/c1-6-15(17)16(14-7-9-18-10-8-14)19(13(4)5)11-12(2)3/h7-10,12-13,15-16H,6,11,17H2,1-5H3. The van der Waals surface area contributed by atoms with Crippen LogP contribution in [0.3, 0.4) is 0 Å². The van der Waals surface area contributed by atoms with Gasteiger partial charge in [0, 0.05) is 31.0 Å². The van der Waals surface area contributed by atoms with Crippen LogP contribution >= 0.6 is 0 Å². The third-order valence-electron chi connectivity index (χ3n) is 3.52. The normalized spacial score (nSPS) is 15.2. The minimum Gasteiger partial charge on any atom is -0.326 e. The molecule has 19 heavy (non-hydrogen) atoms. The highest BCUT2D eigenvalue weighted by Crippen LogP contribution is 2.27. The Balaban J connectivity index is 3.07. The second-order valence-corrected chi connectivity index (χ2v) is 5.98. The molecule has 0 amide bonds. The number of nitrogens with zero attached hydrogens (tertiary/aromatic N) is 2. The van der Waals surface area contributed by atoms with Gasteiger partial charge >= 0.3 is 0 Å². The van der Waals surface area contributed by atoms with Crippen molar-refractivity contribution in [2.24, 2.45) is 11.7 Å². The van der Waals surface area contributed by atoms with Gasteiger partial charge in [-0.15, -0.1) is 0 Å². The van der Waals surface area contributed by atoms with Crippen molar-refractivity contribution in [3.63, 3.8) is 0 Å². The summed E-state index contributed by atoms with van der Waals surface area (Å²) in [5, 5.41) is 0. The van der Waals surface area contributed by atoms with Gasteiger partial charge in [-0.3, -0.25) is 9.88 Å². The molecule has 1 aromatic heterocycles. The smallest absolute Gasteiger partial charge is 0.0502 e. The largest absolute Gasteiger partial charge is 0.326 e. The summed E-state index contributed by atoms with van der Waals surface area (Å²) < 4.78 is 0. The lowest BCUT2D eigenvalue weighted by atomic mass is 9.95. The van der Waals surface area contributed by atoms with Crippen LogP contribution in [0.25, 0.3) is 0 Å². The summed E-state index contributed by atoms with van der Waals surface area (Å²) in [4.78, 5) is 6.64. The number of aromatic nitrogens is 1. The molecule has 0 aliphatic carbocycles. The predicted octanol–water partition coefficient (Wildman–Crippen LogP) is 3.23. The van der Waals surface area contributed by atoms with E-state index >= 15 is 0 Å². The fourth-order valence-electron chi connectivity index (χ4n) is 2.54. The van der Waals surface area contributed by atoms with Gasteiger partial charge < -0.3 is 5.73 Å². The lowest BCUT2D eigenvalue weighted by Crippen LogP contribution is -2.45. The molecule has 2 unspecified atom stereocenters. The molecule has 0 radical (unpaired) electrons. The van der Waals surface area contributed by atoms with Gasteiger partial charge in [0.15, 0.2) is 0 Å². The van der Waals surface area contributed by atoms with Gasteiger partial charge in [-0.1, -0.05) is 20.8 Å². The molecule has 0 aromatic carbocycles. The SMILES string of the molecule is CCC(N)C(c1ccncc1)N(CC(C)C)C(C)C. The third kappa shape index (κ3) is 4.59. The highest BCUT2D eigenvalue weighted by Gasteiger charge is 2.27. The van der Waals surface area contributed by atoms with E-state index in [0.29, 0.717) is 12.0 Å². The van der Waals surface area contributed by atoms with E-state index in [9.17, 15) is 0 Å². The highest BCUT2D eigenvalue weighted by molar-refractivity contribution is 5.17. The molecular formula is C16H29N3. The Morgan fingerprint density at radius 3 is 2.16 bits per heavy atom. The van der Waals surface area contributed by atoms with Crippen LogP contribution in [0.1, 0.15) is 52.6 Å². The molecule has 1 aromatic rings. The molecule has 0 bridgehead atoms. The molecule has 1 rings (SSSR count). The first kappa shape index (κ1) is 16.1. The summed E-state index contributed by atoms with van der Waals surface area (Å²) in [6.07, 6.45) is 4.70. The Kier molecular flexibility index (Phi) is 6.46. The van der Waals surface area contributed by atoms with Crippen molar-refractivity contribution in [1.82, 2.24) is 9.88 Å². The number of rotatable bonds is 7. The van der Waals surface area contributed by atoms with Crippen molar-refractivity contribution in [3.05, 3.63) is 30.1 Å². The van der Waals surface area contributed by atoms with Crippen LogP contribution in [0.2, 0.25) is 0 Å². The molecule has 2 atom stereocenters. The lowest BCUT2D eigenvalue weighted by molar-refractivity contribution is 0.114. The molecule has 3 heteroatoms. The lowest BCUT2D eigenvalue weighted by Gasteiger charge is -2.39. The molecule has 0 aliphatic rings. The van der Waals surface area contributed by atoms with Gasteiger partial charge in [0.25, 0.3) is 0 Å². The topological polar surface area (TPSA) is 42.1 Å². The zero-order valence-electron chi connectivity index (χ0n) is 13.0. The van der Waals surface area contributed by atoms with Gasteiger partial charge in [-0.2, -0.15) is 0 Å². The van der Waals surface area contributed by atoms with Crippen molar-refractivity contribution < 1.29 is 0 Å². The quantitative estimate of drug-likeness (QED) is 0.821. The van der Waals surface area contributed by atoms with E-state index in [0.717, 1.165) is 13.0 Å². The van der Waals surface area contributed by atoms with Crippen molar-refractivity contribution >= 4 is 0 Å². The second kappa shape index (κ2) is 7.61. The van der Waals surface area contributed by atoms with Gasteiger partial charge in [-0.25, -0.2) is 0 Å². The monoisotopic (exact) mass is 263 g/mol. The first-order valence-corrected chi connectivity index (χ1v) is 7.38. The molecule has 0 spiro atoms. The molecule has 0 aliphatic heterocycles. The maximum atomic E-state index is 6.40. The number of nitrogens with two attached hydrogens (primary N) is 1. The Hall–Kier alpha value is -0.930. The van der Waals surface area contributed by atoms with Crippen LogP contribution in [-0.2, 0) is 0 Å². The average Bonchev–Trinajstić information content (AvgIpc) is 2.38. The van der Waals surface area contributed by atoms with E-state index in [1.165, 1.54) is 5.56 Å². The molecule has 108 valence electrons. The maximum Gasteiger partial charge on any atom is 0.0502 e. The Morgan fingerprint density at radius 2 is 1.74 bits per heavy atom. The van der Waals surface area contributed by atoms with Crippen molar-refractivity contribution in [2.45, 2.75) is 59.2 Å². The minimum absolute atomic E-state index is 0.156. The fourth-order valence-corrected chi connectivity index (χ4v) is 2.54. The van der Waals surface area contributed by atoms with E-state index in [1.54, 1.807) is 0 Å². The molecule has 0 saturated heterocycles. The second-order valence-electron chi connectivity index (χ2n) is 5.98. The van der Waals surface area contributed by atoms with Crippen LogP contribution in [0.15, 0.2) is 24.5 Å². The van der Waals surface area contributed by atoms with Gasteiger partial charge in [-0.05, 0) is 43.9 Å². The van der Waals surface area contributed by atoms with Crippen LogP contribution in [0.4, 0.5) is 0 Å². The zero-order valence-corrected chi connectivity index (χ0v) is 13.0. The third-order valence-corrected chi connectivity index (χ3v) is 3.52. The summed E-state index contributed by atoms with van der Waals surface area (Å²) in [5.41, 5.74) is 7.68. The first-order chi connectivity index (χ1) is 8.97. The van der Waals surface area contributed by atoms with Gasteiger partial charge in [0.1, 0.15) is 0 Å². The minimum atomic E-state index is 0.156. The van der Waals surface area contributed by atoms with E-state index in [-0.39, 0.29) is 12.1 Å².